The van der Waals surface area contributed by atoms with E-state index in [1.165, 1.54) is 36.9 Å². The van der Waals surface area contributed by atoms with Gasteiger partial charge < -0.3 is 20.3 Å². The molecule has 0 unspecified atom stereocenters. The molecule has 9 heteroatoms. The molecule has 0 spiro atoms. The van der Waals surface area contributed by atoms with Gasteiger partial charge in [0.25, 0.3) is 5.91 Å². The maximum atomic E-state index is 12.4. The molecule has 2 aromatic carbocycles. The van der Waals surface area contributed by atoms with E-state index in [1.54, 1.807) is 7.05 Å². The highest BCUT2D eigenvalue weighted by molar-refractivity contribution is 9.10. The van der Waals surface area contributed by atoms with E-state index in [-0.39, 0.29) is 23.3 Å². The van der Waals surface area contributed by atoms with Gasteiger partial charge in [-0.25, -0.2) is 4.79 Å². The predicted molar refractivity (Wildman–Crippen MR) is 116 cm³/mol. The minimum atomic E-state index is -0.753. The summed E-state index contributed by atoms with van der Waals surface area (Å²) in [6.45, 7) is 2.55. The lowest BCUT2D eigenvalue weighted by Gasteiger charge is -2.18. The van der Waals surface area contributed by atoms with Gasteiger partial charge in [-0.15, -0.1) is 0 Å². The molecule has 158 valence electrons. The number of nitrogens with one attached hydrogen (secondary N) is 2. The molecule has 0 bridgehead atoms. The molecule has 0 radical (unpaired) electrons. The molecule has 0 fully saturated rings. The third-order valence-corrected chi connectivity index (χ3v) is 4.70. The van der Waals surface area contributed by atoms with E-state index < -0.39 is 12.6 Å². The fourth-order valence-electron chi connectivity index (χ4n) is 2.59. The van der Waals surface area contributed by atoms with Crippen LogP contribution in [0.1, 0.15) is 29.8 Å². The summed E-state index contributed by atoms with van der Waals surface area (Å²) < 4.78 is 6.01. The van der Waals surface area contributed by atoms with Crippen molar-refractivity contribution < 1.29 is 23.9 Å². The number of likely N-dealkylation sites (N-methyl/N-ethyl adjacent to an activating group) is 1. The van der Waals surface area contributed by atoms with Crippen LogP contribution in [0.5, 0.6) is 0 Å². The van der Waals surface area contributed by atoms with E-state index in [4.69, 9.17) is 4.74 Å². The molecule has 0 aliphatic rings. The molecule has 2 aromatic rings. The van der Waals surface area contributed by atoms with E-state index in [0.29, 0.717) is 17.9 Å². The normalized spacial score (nSPS) is 10.1. The Hall–Kier alpha value is -3.20. The third kappa shape index (κ3) is 7.00. The van der Waals surface area contributed by atoms with Crippen molar-refractivity contribution in [3.05, 3.63) is 58.1 Å². The van der Waals surface area contributed by atoms with Gasteiger partial charge in [-0.3, -0.25) is 14.4 Å². The van der Waals surface area contributed by atoms with Crippen molar-refractivity contribution in [2.45, 2.75) is 20.4 Å². The summed E-state index contributed by atoms with van der Waals surface area (Å²) in [7, 11) is 1.61. The average Bonchev–Trinajstić information content (AvgIpc) is 2.66. The summed E-state index contributed by atoms with van der Waals surface area (Å²) in [5.74, 6) is -1.80. The molecule has 2 N–H and O–H groups in total. The van der Waals surface area contributed by atoms with Gasteiger partial charge in [0.2, 0.25) is 11.8 Å². The van der Waals surface area contributed by atoms with Crippen LogP contribution in [0, 0.1) is 0 Å². The summed E-state index contributed by atoms with van der Waals surface area (Å²) in [6.07, 6.45) is 0. The van der Waals surface area contributed by atoms with Crippen molar-refractivity contribution in [2.75, 3.05) is 24.3 Å². The maximum Gasteiger partial charge on any atom is 0.338 e. The second-order valence-electron chi connectivity index (χ2n) is 6.58. The number of benzene rings is 2. The Balaban J connectivity index is 2.05. The topological polar surface area (TPSA) is 105 Å². The van der Waals surface area contributed by atoms with Crippen molar-refractivity contribution in [3.63, 3.8) is 0 Å². The highest BCUT2D eigenvalue weighted by Crippen LogP contribution is 2.21. The zero-order valence-corrected chi connectivity index (χ0v) is 18.4. The molecular formula is C21H22BrN3O5. The van der Waals surface area contributed by atoms with Crippen molar-refractivity contribution in [3.8, 4) is 0 Å². The quantitative estimate of drug-likeness (QED) is 0.598. The van der Waals surface area contributed by atoms with Crippen LogP contribution in [0.4, 0.5) is 11.4 Å². The molecule has 0 saturated carbocycles. The number of anilines is 2. The zero-order valence-electron chi connectivity index (χ0n) is 16.8. The molecule has 0 aliphatic heterocycles. The van der Waals surface area contributed by atoms with E-state index in [1.807, 2.05) is 24.3 Å². The van der Waals surface area contributed by atoms with E-state index in [0.717, 1.165) is 10.0 Å². The first-order valence-electron chi connectivity index (χ1n) is 9.00. The summed E-state index contributed by atoms with van der Waals surface area (Å²) in [5, 5.41) is 5.10. The lowest BCUT2D eigenvalue weighted by atomic mass is 10.1. The van der Waals surface area contributed by atoms with Crippen molar-refractivity contribution in [1.29, 1.82) is 0 Å². The van der Waals surface area contributed by atoms with Gasteiger partial charge in [-0.1, -0.05) is 34.1 Å². The molecular weight excluding hydrogens is 454 g/mol. The Labute approximate surface area is 182 Å². The minimum absolute atomic E-state index is 0.0891. The number of hydrogen-bond donors (Lipinski definition) is 2. The fraction of sp³-hybridized carbons (Fsp3) is 0.238. The molecule has 0 heterocycles. The van der Waals surface area contributed by atoms with Crippen LogP contribution in [0.15, 0.2) is 46.9 Å². The number of carbonyl (C=O) groups is 4. The highest BCUT2D eigenvalue weighted by atomic mass is 79.9. The largest absolute Gasteiger partial charge is 0.452 e. The van der Waals surface area contributed by atoms with Crippen LogP contribution in [0.2, 0.25) is 0 Å². The summed E-state index contributed by atoms with van der Waals surface area (Å²) >= 11 is 3.43. The zero-order chi connectivity index (χ0) is 22.3. The number of amides is 3. The Morgan fingerprint density at radius 1 is 0.967 bits per heavy atom. The van der Waals surface area contributed by atoms with Gasteiger partial charge in [-0.05, 0) is 29.8 Å². The molecule has 3 amide bonds. The standard InChI is InChI=1S/C21H22BrN3O5/c1-13(26)23-17-8-16(9-18(10-17)24-14(2)27)21(29)30-12-20(28)25(3)11-15-6-4-5-7-19(15)22/h4-10H,11-12H2,1-3H3,(H,23,26)(H,24,27). The molecule has 0 aromatic heterocycles. The molecule has 0 aliphatic carbocycles. The number of halogens is 1. The lowest BCUT2D eigenvalue weighted by molar-refractivity contribution is -0.133. The first-order valence-corrected chi connectivity index (χ1v) is 9.79. The molecule has 0 atom stereocenters. The van der Waals surface area contributed by atoms with Crippen molar-refractivity contribution in [2.24, 2.45) is 0 Å². The highest BCUT2D eigenvalue weighted by Gasteiger charge is 2.16. The van der Waals surface area contributed by atoms with E-state index >= 15 is 0 Å². The predicted octanol–water partition coefficient (Wildman–Crippen LogP) is 3.18. The van der Waals surface area contributed by atoms with Gasteiger partial charge in [-0.2, -0.15) is 0 Å². The summed E-state index contributed by atoms with van der Waals surface area (Å²) in [4.78, 5) is 48.9. The van der Waals surface area contributed by atoms with Crippen molar-refractivity contribution >= 4 is 51.0 Å². The smallest absolute Gasteiger partial charge is 0.338 e. The number of esters is 1. The second-order valence-corrected chi connectivity index (χ2v) is 7.43. The molecule has 2 rings (SSSR count). The maximum absolute atomic E-state index is 12.4. The lowest BCUT2D eigenvalue weighted by Crippen LogP contribution is -2.31. The van der Waals surface area contributed by atoms with Gasteiger partial charge >= 0.3 is 5.97 Å². The first kappa shape index (κ1) is 23.1. The van der Waals surface area contributed by atoms with Crippen LogP contribution in [0.25, 0.3) is 0 Å². The van der Waals surface area contributed by atoms with Crippen LogP contribution in [-0.4, -0.2) is 42.2 Å². The van der Waals surface area contributed by atoms with Crippen LogP contribution >= 0.6 is 15.9 Å². The van der Waals surface area contributed by atoms with Gasteiger partial charge in [0, 0.05) is 43.3 Å². The number of hydrogen-bond acceptors (Lipinski definition) is 5. The minimum Gasteiger partial charge on any atom is -0.452 e. The number of nitrogens with zero attached hydrogens (tertiary/aromatic N) is 1. The van der Waals surface area contributed by atoms with Gasteiger partial charge in [0.1, 0.15) is 0 Å². The Morgan fingerprint density at radius 3 is 2.07 bits per heavy atom. The van der Waals surface area contributed by atoms with Crippen LogP contribution < -0.4 is 10.6 Å². The SMILES string of the molecule is CC(=O)Nc1cc(NC(C)=O)cc(C(=O)OCC(=O)N(C)Cc2ccccc2Br)c1. The first-order chi connectivity index (χ1) is 14.2. The van der Waals surface area contributed by atoms with Gasteiger partial charge in [0.15, 0.2) is 6.61 Å². The summed E-state index contributed by atoms with van der Waals surface area (Å²) in [5.41, 5.74) is 1.64. The number of ether oxygens (including phenoxy) is 1. The van der Waals surface area contributed by atoms with E-state index in [2.05, 4.69) is 26.6 Å². The Morgan fingerprint density at radius 2 is 1.53 bits per heavy atom. The second kappa shape index (κ2) is 10.5. The third-order valence-electron chi connectivity index (χ3n) is 3.93. The molecule has 0 saturated heterocycles. The fourth-order valence-corrected chi connectivity index (χ4v) is 3.00. The number of carbonyl (C=O) groups excluding carboxylic acids is 4. The van der Waals surface area contributed by atoms with Crippen LogP contribution in [0.3, 0.4) is 0 Å². The Kier molecular flexibility index (Phi) is 8.11. The molecule has 8 nitrogen and oxygen atoms in total. The van der Waals surface area contributed by atoms with Crippen molar-refractivity contribution in [1.82, 2.24) is 4.90 Å². The van der Waals surface area contributed by atoms with E-state index in [9.17, 15) is 19.2 Å². The number of rotatable bonds is 7. The molecule has 30 heavy (non-hydrogen) atoms. The van der Waals surface area contributed by atoms with Gasteiger partial charge in [0.05, 0.1) is 5.56 Å². The average molecular weight is 476 g/mol. The van der Waals surface area contributed by atoms with Crippen LogP contribution in [-0.2, 0) is 25.7 Å². The Bertz CT molecular complexity index is 943. The monoisotopic (exact) mass is 475 g/mol. The summed E-state index contributed by atoms with van der Waals surface area (Å²) in [6, 6.07) is 11.8.